The zero-order valence-corrected chi connectivity index (χ0v) is 15.4. The van der Waals surface area contributed by atoms with E-state index in [2.05, 4.69) is 5.32 Å². The predicted molar refractivity (Wildman–Crippen MR) is 108 cm³/mol. The van der Waals surface area contributed by atoms with Gasteiger partial charge in [0.15, 0.2) is 17.3 Å². The molecule has 1 aliphatic heterocycles. The minimum atomic E-state index is -0.502. The van der Waals surface area contributed by atoms with Crippen LogP contribution in [0.4, 0.5) is 11.4 Å². The number of benzene rings is 3. The summed E-state index contributed by atoms with van der Waals surface area (Å²) >= 11 is 0. The average Bonchev–Trinajstić information content (AvgIpc) is 2.77. The number of nitro benzene ring substituents is 1. The van der Waals surface area contributed by atoms with E-state index in [0.717, 1.165) is 0 Å². The minimum Gasteiger partial charge on any atom is -0.486 e. The van der Waals surface area contributed by atoms with Gasteiger partial charge in [-0.3, -0.25) is 14.9 Å². The lowest BCUT2D eigenvalue weighted by molar-refractivity contribution is -0.384. The Morgan fingerprint density at radius 3 is 2.48 bits per heavy atom. The number of nitro groups is 1. The molecule has 0 unspecified atom stereocenters. The summed E-state index contributed by atoms with van der Waals surface area (Å²) in [5.41, 5.74) is 0.902. The summed E-state index contributed by atoms with van der Waals surface area (Å²) in [5, 5.41) is 14.6. The maximum absolute atomic E-state index is 12.6. The lowest BCUT2D eigenvalue weighted by Gasteiger charge is -2.26. The quantitative estimate of drug-likeness (QED) is 0.387. The number of carbonyl (C=O) groups is 1. The van der Waals surface area contributed by atoms with Crippen LogP contribution in [0.25, 0.3) is 0 Å². The van der Waals surface area contributed by atoms with Crippen molar-refractivity contribution in [3.05, 3.63) is 94.0 Å². The van der Waals surface area contributed by atoms with Crippen molar-refractivity contribution in [2.75, 3.05) is 18.5 Å². The molecule has 29 heavy (non-hydrogen) atoms. The molecule has 0 saturated carbocycles. The molecule has 3 aromatic rings. The molecule has 3 aromatic carbocycles. The molecule has 0 amide bonds. The van der Waals surface area contributed by atoms with Crippen LogP contribution in [0.1, 0.15) is 15.9 Å². The van der Waals surface area contributed by atoms with Crippen LogP contribution < -0.4 is 14.8 Å². The molecule has 4 rings (SSSR count). The summed E-state index contributed by atoms with van der Waals surface area (Å²) in [7, 11) is 0. The van der Waals surface area contributed by atoms with Crippen LogP contribution in [0, 0.1) is 10.1 Å². The third-order valence-electron chi connectivity index (χ3n) is 4.58. The number of fused-ring (bicyclic) bond motifs is 1. The topological polar surface area (TPSA) is 90.7 Å². The number of carbonyl (C=O) groups excluding carboxylic acids is 1. The van der Waals surface area contributed by atoms with E-state index >= 15 is 0 Å². The number of nitrogens with zero attached hydrogens (tertiary/aromatic N) is 1. The van der Waals surface area contributed by atoms with Crippen molar-refractivity contribution < 1.29 is 19.2 Å². The van der Waals surface area contributed by atoms with Crippen LogP contribution in [0.2, 0.25) is 0 Å². The summed E-state index contributed by atoms with van der Waals surface area (Å²) in [4.78, 5) is 23.6. The van der Waals surface area contributed by atoms with Gasteiger partial charge in [-0.1, -0.05) is 42.5 Å². The SMILES string of the molecule is O=C(c1ccccc1)c1ccc(NC[C@@H]2COc3ccccc3O2)c([N+](=O)[O-])c1. The highest BCUT2D eigenvalue weighted by Gasteiger charge is 2.23. The molecule has 0 saturated heterocycles. The Balaban J connectivity index is 1.49. The second-order valence-electron chi connectivity index (χ2n) is 6.56. The maximum Gasteiger partial charge on any atom is 0.293 e. The van der Waals surface area contributed by atoms with Crippen LogP contribution in [0.5, 0.6) is 11.5 Å². The van der Waals surface area contributed by atoms with Gasteiger partial charge in [-0.05, 0) is 24.3 Å². The Kier molecular flexibility index (Phi) is 5.11. The fourth-order valence-corrected chi connectivity index (χ4v) is 3.12. The van der Waals surface area contributed by atoms with E-state index in [1.165, 1.54) is 6.07 Å². The average molecular weight is 390 g/mol. The van der Waals surface area contributed by atoms with E-state index in [-0.39, 0.29) is 23.1 Å². The molecule has 0 radical (unpaired) electrons. The summed E-state index contributed by atoms with van der Waals surface area (Å²) in [5.74, 6) is 1.06. The number of rotatable bonds is 6. The van der Waals surface area contributed by atoms with Gasteiger partial charge in [-0.25, -0.2) is 0 Å². The molecular weight excluding hydrogens is 372 g/mol. The van der Waals surface area contributed by atoms with Crippen molar-refractivity contribution in [2.24, 2.45) is 0 Å². The van der Waals surface area contributed by atoms with Crippen molar-refractivity contribution in [1.29, 1.82) is 0 Å². The minimum absolute atomic E-state index is 0.163. The number of ether oxygens (including phenoxy) is 2. The largest absolute Gasteiger partial charge is 0.486 e. The fraction of sp³-hybridized carbons (Fsp3) is 0.136. The lowest BCUT2D eigenvalue weighted by Crippen LogP contribution is -2.35. The van der Waals surface area contributed by atoms with E-state index in [1.807, 2.05) is 30.3 Å². The number of nitrogens with one attached hydrogen (secondary N) is 1. The molecule has 0 bridgehead atoms. The van der Waals surface area contributed by atoms with E-state index in [1.54, 1.807) is 36.4 Å². The molecule has 0 aliphatic carbocycles. The molecule has 7 nitrogen and oxygen atoms in total. The van der Waals surface area contributed by atoms with Crippen molar-refractivity contribution in [1.82, 2.24) is 0 Å². The maximum atomic E-state index is 12.6. The monoisotopic (exact) mass is 390 g/mol. The number of anilines is 1. The Labute approximate surface area is 167 Å². The summed E-state index contributed by atoms with van der Waals surface area (Å²) in [6.45, 7) is 0.656. The highest BCUT2D eigenvalue weighted by molar-refractivity contribution is 6.09. The highest BCUT2D eigenvalue weighted by Crippen LogP contribution is 2.31. The van der Waals surface area contributed by atoms with Crippen molar-refractivity contribution in [2.45, 2.75) is 6.10 Å². The molecule has 7 heteroatoms. The van der Waals surface area contributed by atoms with Crippen molar-refractivity contribution in [3.8, 4) is 11.5 Å². The van der Waals surface area contributed by atoms with Crippen LogP contribution in [-0.4, -0.2) is 30.0 Å². The van der Waals surface area contributed by atoms with Gasteiger partial charge in [0.2, 0.25) is 0 Å². The molecule has 0 aromatic heterocycles. The standard InChI is InChI=1S/C22H18N2O5/c25-22(15-6-2-1-3-7-15)16-10-11-18(19(12-16)24(26)27)23-13-17-14-28-20-8-4-5-9-21(20)29-17/h1-12,17,23H,13-14H2/t17-/m1/s1. The van der Waals surface area contributed by atoms with E-state index in [0.29, 0.717) is 35.9 Å². The number of para-hydroxylation sites is 2. The van der Waals surface area contributed by atoms with Crippen molar-refractivity contribution in [3.63, 3.8) is 0 Å². The van der Waals surface area contributed by atoms with Gasteiger partial charge in [0.05, 0.1) is 11.5 Å². The first-order valence-corrected chi connectivity index (χ1v) is 9.12. The normalized spacial score (nSPS) is 14.8. The van der Waals surface area contributed by atoms with Gasteiger partial charge in [-0.15, -0.1) is 0 Å². The molecule has 1 N–H and O–H groups in total. The molecule has 0 spiro atoms. The van der Waals surface area contributed by atoms with Gasteiger partial charge in [-0.2, -0.15) is 0 Å². The van der Waals surface area contributed by atoms with E-state index < -0.39 is 4.92 Å². The highest BCUT2D eigenvalue weighted by atomic mass is 16.6. The van der Waals surface area contributed by atoms with E-state index in [9.17, 15) is 14.9 Å². The van der Waals surface area contributed by atoms with Crippen LogP contribution in [0.3, 0.4) is 0 Å². The first-order chi connectivity index (χ1) is 14.1. The van der Waals surface area contributed by atoms with Gasteiger partial charge >= 0.3 is 0 Å². The Morgan fingerprint density at radius 1 is 1.00 bits per heavy atom. The second kappa shape index (κ2) is 8.02. The smallest absolute Gasteiger partial charge is 0.293 e. The summed E-state index contributed by atoms with van der Waals surface area (Å²) in [6.07, 6.45) is -0.296. The Morgan fingerprint density at radius 2 is 1.72 bits per heavy atom. The van der Waals surface area contributed by atoms with Crippen LogP contribution in [0.15, 0.2) is 72.8 Å². The number of hydrogen-bond acceptors (Lipinski definition) is 6. The summed E-state index contributed by atoms with van der Waals surface area (Å²) in [6, 6.07) is 20.5. The zero-order valence-electron chi connectivity index (χ0n) is 15.4. The first-order valence-electron chi connectivity index (χ1n) is 9.12. The second-order valence-corrected chi connectivity index (χ2v) is 6.56. The third-order valence-corrected chi connectivity index (χ3v) is 4.58. The Hall–Kier alpha value is -3.87. The molecule has 146 valence electrons. The zero-order chi connectivity index (χ0) is 20.2. The molecule has 1 aliphatic rings. The fourth-order valence-electron chi connectivity index (χ4n) is 3.12. The molecule has 1 atom stereocenters. The number of ketones is 1. The van der Waals surface area contributed by atoms with Gasteiger partial charge in [0.1, 0.15) is 18.4 Å². The van der Waals surface area contributed by atoms with Crippen molar-refractivity contribution >= 4 is 17.2 Å². The predicted octanol–water partition coefficient (Wildman–Crippen LogP) is 4.08. The van der Waals surface area contributed by atoms with Gasteiger partial charge in [0.25, 0.3) is 5.69 Å². The van der Waals surface area contributed by atoms with Crippen LogP contribution >= 0.6 is 0 Å². The van der Waals surface area contributed by atoms with E-state index in [4.69, 9.17) is 9.47 Å². The van der Waals surface area contributed by atoms with Gasteiger partial charge in [0, 0.05) is 17.2 Å². The molecule has 0 fully saturated rings. The third kappa shape index (κ3) is 4.03. The number of hydrogen-bond donors (Lipinski definition) is 1. The molecular formula is C22H18N2O5. The molecule has 1 heterocycles. The van der Waals surface area contributed by atoms with Crippen LogP contribution in [-0.2, 0) is 0 Å². The summed E-state index contributed by atoms with van der Waals surface area (Å²) < 4.78 is 11.5. The first kappa shape index (κ1) is 18.5. The lowest BCUT2D eigenvalue weighted by atomic mass is 10.0. The van der Waals surface area contributed by atoms with Gasteiger partial charge < -0.3 is 14.8 Å². The Bertz CT molecular complexity index is 1050.